The third-order valence-corrected chi connectivity index (χ3v) is 1.85. The van der Waals surface area contributed by atoms with Crippen LogP contribution >= 0.6 is 0 Å². The highest BCUT2D eigenvalue weighted by Crippen LogP contribution is 2.16. The Bertz CT molecular complexity index is 225. The van der Waals surface area contributed by atoms with Crippen LogP contribution in [-0.4, -0.2) is 17.9 Å². The molecule has 1 unspecified atom stereocenters. The van der Waals surface area contributed by atoms with Gasteiger partial charge in [-0.25, -0.2) is 4.79 Å². The molecule has 0 radical (unpaired) electrons. The number of rotatable bonds is 1. The van der Waals surface area contributed by atoms with Crippen molar-refractivity contribution in [3.05, 3.63) is 12.2 Å². The van der Waals surface area contributed by atoms with Crippen molar-refractivity contribution in [2.45, 2.75) is 51.7 Å². The van der Waals surface area contributed by atoms with Gasteiger partial charge in [0, 0.05) is 0 Å². The topological polar surface area (TPSA) is 35.5 Å². The number of carbonyl (C=O) groups excluding carboxylic acids is 1. The Morgan fingerprint density at radius 3 is 2.64 bits per heavy atom. The van der Waals surface area contributed by atoms with Crippen LogP contribution in [0.15, 0.2) is 12.2 Å². The standard InChI is InChI=1S/C11H18O3/c1-11(2,3)14-10(12)13-9-7-5-4-6-8-9/h5,7,9H,4,6,8H2,1-3H3. The summed E-state index contributed by atoms with van der Waals surface area (Å²) >= 11 is 0. The zero-order valence-corrected chi connectivity index (χ0v) is 9.08. The molecule has 1 atom stereocenters. The first-order valence-corrected chi connectivity index (χ1v) is 5.04. The van der Waals surface area contributed by atoms with E-state index >= 15 is 0 Å². The fourth-order valence-electron chi connectivity index (χ4n) is 1.28. The van der Waals surface area contributed by atoms with E-state index in [0.29, 0.717) is 0 Å². The van der Waals surface area contributed by atoms with Crippen LogP contribution in [0.4, 0.5) is 4.79 Å². The molecule has 14 heavy (non-hydrogen) atoms. The molecule has 80 valence electrons. The molecule has 0 saturated heterocycles. The Balaban J connectivity index is 2.33. The molecule has 1 aliphatic carbocycles. The highest BCUT2D eigenvalue weighted by atomic mass is 16.7. The van der Waals surface area contributed by atoms with E-state index < -0.39 is 11.8 Å². The number of allylic oxidation sites excluding steroid dienone is 1. The Hall–Kier alpha value is -0.990. The van der Waals surface area contributed by atoms with Crippen molar-refractivity contribution < 1.29 is 14.3 Å². The molecule has 1 rings (SSSR count). The van der Waals surface area contributed by atoms with Gasteiger partial charge in [0.2, 0.25) is 0 Å². The van der Waals surface area contributed by atoms with Gasteiger partial charge in [-0.05, 0) is 46.1 Å². The lowest BCUT2D eigenvalue weighted by molar-refractivity contribution is -0.0203. The normalized spacial score (nSPS) is 21.8. The molecule has 0 aromatic heterocycles. The van der Waals surface area contributed by atoms with Gasteiger partial charge in [0.15, 0.2) is 0 Å². The van der Waals surface area contributed by atoms with E-state index in [-0.39, 0.29) is 6.10 Å². The van der Waals surface area contributed by atoms with Gasteiger partial charge in [0.1, 0.15) is 11.7 Å². The number of hydrogen-bond acceptors (Lipinski definition) is 3. The first-order chi connectivity index (χ1) is 6.47. The molecule has 0 aliphatic heterocycles. The first kappa shape index (κ1) is 11.1. The summed E-state index contributed by atoms with van der Waals surface area (Å²) in [5, 5.41) is 0. The summed E-state index contributed by atoms with van der Waals surface area (Å²) in [5.41, 5.74) is -0.477. The van der Waals surface area contributed by atoms with Gasteiger partial charge < -0.3 is 9.47 Å². The Labute approximate surface area is 85.1 Å². The zero-order chi connectivity index (χ0) is 10.6. The van der Waals surface area contributed by atoms with Crippen molar-refractivity contribution in [3.8, 4) is 0 Å². The van der Waals surface area contributed by atoms with Crippen LogP contribution in [0, 0.1) is 0 Å². The molecule has 0 amide bonds. The second-order valence-electron chi connectivity index (χ2n) is 4.48. The fourth-order valence-corrected chi connectivity index (χ4v) is 1.28. The second-order valence-corrected chi connectivity index (χ2v) is 4.48. The average molecular weight is 198 g/mol. The average Bonchev–Trinajstić information content (AvgIpc) is 2.02. The molecule has 0 bridgehead atoms. The second kappa shape index (κ2) is 4.49. The van der Waals surface area contributed by atoms with Crippen molar-refractivity contribution in [1.29, 1.82) is 0 Å². The van der Waals surface area contributed by atoms with E-state index in [1.54, 1.807) is 0 Å². The monoisotopic (exact) mass is 198 g/mol. The Morgan fingerprint density at radius 1 is 1.43 bits per heavy atom. The number of ether oxygens (including phenoxy) is 2. The van der Waals surface area contributed by atoms with Crippen molar-refractivity contribution in [3.63, 3.8) is 0 Å². The molecule has 0 aromatic rings. The van der Waals surface area contributed by atoms with Gasteiger partial charge in [-0.15, -0.1) is 0 Å². The van der Waals surface area contributed by atoms with Crippen molar-refractivity contribution in [2.75, 3.05) is 0 Å². The molecule has 0 saturated carbocycles. The van der Waals surface area contributed by atoms with Gasteiger partial charge in [0.25, 0.3) is 0 Å². The number of hydrogen-bond donors (Lipinski definition) is 0. The van der Waals surface area contributed by atoms with Crippen LogP contribution in [0.1, 0.15) is 40.0 Å². The summed E-state index contributed by atoms with van der Waals surface area (Å²) in [5.74, 6) is 0. The summed E-state index contributed by atoms with van der Waals surface area (Å²) < 4.78 is 10.2. The lowest BCUT2D eigenvalue weighted by Gasteiger charge is -2.22. The number of carbonyl (C=O) groups is 1. The zero-order valence-electron chi connectivity index (χ0n) is 9.08. The van der Waals surface area contributed by atoms with Crippen molar-refractivity contribution in [2.24, 2.45) is 0 Å². The quantitative estimate of drug-likeness (QED) is 0.480. The molecule has 1 aliphatic rings. The minimum Gasteiger partial charge on any atom is -0.429 e. The third kappa shape index (κ3) is 4.30. The van der Waals surface area contributed by atoms with E-state index in [4.69, 9.17) is 9.47 Å². The highest BCUT2D eigenvalue weighted by Gasteiger charge is 2.20. The SMILES string of the molecule is CC(C)(C)OC(=O)OC1C=CCCC1. The molecular formula is C11H18O3. The molecule has 3 nitrogen and oxygen atoms in total. The van der Waals surface area contributed by atoms with Crippen LogP contribution in [0.5, 0.6) is 0 Å². The highest BCUT2D eigenvalue weighted by molar-refractivity contribution is 5.61. The van der Waals surface area contributed by atoms with Gasteiger partial charge >= 0.3 is 6.16 Å². The van der Waals surface area contributed by atoms with E-state index in [1.807, 2.05) is 32.9 Å². The lowest BCUT2D eigenvalue weighted by atomic mass is 10.1. The first-order valence-electron chi connectivity index (χ1n) is 5.04. The maximum atomic E-state index is 11.2. The van der Waals surface area contributed by atoms with Crippen LogP contribution in [0.25, 0.3) is 0 Å². The molecule has 0 heterocycles. The molecule has 0 N–H and O–H groups in total. The van der Waals surface area contributed by atoms with Crippen LogP contribution in [0.2, 0.25) is 0 Å². The maximum absolute atomic E-state index is 11.2. The largest absolute Gasteiger partial charge is 0.509 e. The molecule has 0 spiro atoms. The summed E-state index contributed by atoms with van der Waals surface area (Å²) in [4.78, 5) is 11.2. The third-order valence-electron chi connectivity index (χ3n) is 1.85. The molecule has 3 heteroatoms. The molecule has 0 fully saturated rings. The minimum atomic E-state index is -0.575. The van der Waals surface area contributed by atoms with Crippen molar-refractivity contribution >= 4 is 6.16 Å². The molecular weight excluding hydrogens is 180 g/mol. The van der Waals surface area contributed by atoms with E-state index in [2.05, 4.69) is 0 Å². The van der Waals surface area contributed by atoms with Gasteiger partial charge in [-0.3, -0.25) is 0 Å². The van der Waals surface area contributed by atoms with E-state index in [0.717, 1.165) is 19.3 Å². The lowest BCUT2D eigenvalue weighted by Crippen LogP contribution is -2.27. The Morgan fingerprint density at radius 2 is 2.14 bits per heavy atom. The van der Waals surface area contributed by atoms with Crippen molar-refractivity contribution in [1.82, 2.24) is 0 Å². The smallest absolute Gasteiger partial charge is 0.429 e. The van der Waals surface area contributed by atoms with Crippen LogP contribution in [0.3, 0.4) is 0 Å². The predicted octanol–water partition coefficient (Wildman–Crippen LogP) is 3.05. The van der Waals surface area contributed by atoms with Crippen LogP contribution < -0.4 is 0 Å². The van der Waals surface area contributed by atoms with Gasteiger partial charge in [-0.2, -0.15) is 0 Å². The van der Waals surface area contributed by atoms with E-state index in [9.17, 15) is 4.79 Å². The summed E-state index contributed by atoms with van der Waals surface area (Å²) in [6.07, 6.45) is 6.34. The maximum Gasteiger partial charge on any atom is 0.509 e. The summed E-state index contributed by atoms with van der Waals surface area (Å²) in [7, 11) is 0. The summed E-state index contributed by atoms with van der Waals surface area (Å²) in [6, 6.07) is 0. The predicted molar refractivity (Wildman–Crippen MR) is 54.1 cm³/mol. The summed E-state index contributed by atoms with van der Waals surface area (Å²) in [6.45, 7) is 5.47. The van der Waals surface area contributed by atoms with Gasteiger partial charge in [-0.1, -0.05) is 6.08 Å². The fraction of sp³-hybridized carbons (Fsp3) is 0.727. The van der Waals surface area contributed by atoms with E-state index in [1.165, 1.54) is 0 Å². The Kier molecular flexibility index (Phi) is 3.55. The minimum absolute atomic E-state index is 0.0985. The van der Waals surface area contributed by atoms with Gasteiger partial charge in [0.05, 0.1) is 0 Å². The van der Waals surface area contributed by atoms with Crippen LogP contribution in [-0.2, 0) is 9.47 Å². The molecule has 0 aromatic carbocycles.